The molecule has 3 rings (SSSR count). The van der Waals surface area contributed by atoms with Crippen molar-refractivity contribution >= 4 is 58.1 Å². The normalized spacial score (nSPS) is 12.4. The largest absolute Gasteiger partial charge is 0.445 e. The number of nitrogens with one attached hydrogen (secondary N) is 2. The highest BCUT2D eigenvalue weighted by Gasteiger charge is 2.21. The van der Waals surface area contributed by atoms with Crippen LogP contribution in [0.15, 0.2) is 59.1 Å². The van der Waals surface area contributed by atoms with E-state index in [0.29, 0.717) is 35.7 Å². The average molecular weight is 617 g/mol. The number of alkyl halides is 1. The highest BCUT2D eigenvalue weighted by molar-refractivity contribution is 14.1. The van der Waals surface area contributed by atoms with Gasteiger partial charge in [-0.3, -0.25) is 9.59 Å². The minimum atomic E-state index is -0.555. The molecule has 9 nitrogen and oxygen atoms in total. The maximum Gasteiger partial charge on any atom is 0.407 e. The van der Waals surface area contributed by atoms with Crippen LogP contribution >= 0.6 is 22.6 Å². The monoisotopic (exact) mass is 617 g/mol. The van der Waals surface area contributed by atoms with E-state index in [4.69, 9.17) is 10.5 Å². The molecule has 0 spiro atoms. The fourth-order valence-electron chi connectivity index (χ4n) is 3.78. The second-order valence-corrected chi connectivity index (χ2v) is 9.53. The van der Waals surface area contributed by atoms with E-state index in [-0.39, 0.29) is 37.9 Å². The van der Waals surface area contributed by atoms with Gasteiger partial charge in [0.2, 0.25) is 5.91 Å². The summed E-state index contributed by atoms with van der Waals surface area (Å²) in [6.07, 6.45) is 2.38. The molecule has 0 unspecified atom stereocenters. The summed E-state index contributed by atoms with van der Waals surface area (Å²) in [5.74, 6) is -0.0297. The average Bonchev–Trinajstić information content (AvgIpc) is 3.07. The van der Waals surface area contributed by atoms with Crippen molar-refractivity contribution in [3.05, 3.63) is 70.8 Å². The summed E-state index contributed by atoms with van der Waals surface area (Å²) in [6, 6.07) is 14.5. The number of amides is 3. The third-order valence-corrected chi connectivity index (χ3v) is 6.04. The molecule has 10 heteroatoms. The van der Waals surface area contributed by atoms with Gasteiger partial charge in [-0.2, -0.15) is 0 Å². The smallest absolute Gasteiger partial charge is 0.407 e. The summed E-state index contributed by atoms with van der Waals surface area (Å²) < 4.78 is 6.00. The molecule has 3 amide bonds. The van der Waals surface area contributed by atoms with Crippen LogP contribution in [0.1, 0.15) is 41.3 Å². The van der Waals surface area contributed by atoms with Crippen LogP contribution in [0.5, 0.6) is 0 Å². The number of ether oxygens (including phenoxy) is 1. The molecule has 2 aromatic rings. The van der Waals surface area contributed by atoms with E-state index in [1.54, 1.807) is 18.2 Å². The SMILES string of the molecule is CCCN(CCI)C(=O)C1=Cc2ccc(C(=O)NCCNC(=O)OCc3ccccc3)cc2N=C(N)C1. The molecule has 0 aromatic heterocycles. The summed E-state index contributed by atoms with van der Waals surface area (Å²) in [4.78, 5) is 43.9. The Bertz CT molecular complexity index is 1160. The lowest BCUT2D eigenvalue weighted by molar-refractivity contribution is -0.126. The predicted octanol–water partition coefficient (Wildman–Crippen LogP) is 3.79. The molecule has 2 aromatic carbocycles. The summed E-state index contributed by atoms with van der Waals surface area (Å²) in [6.45, 7) is 4.02. The van der Waals surface area contributed by atoms with Gasteiger partial charge in [0.15, 0.2) is 0 Å². The topological polar surface area (TPSA) is 126 Å². The zero-order chi connectivity index (χ0) is 26.6. The van der Waals surface area contributed by atoms with Crippen LogP contribution in [0, 0.1) is 0 Å². The molecule has 0 aliphatic carbocycles. The van der Waals surface area contributed by atoms with Crippen LogP contribution in [0.25, 0.3) is 6.08 Å². The molecule has 1 aliphatic rings. The molecular formula is C27H32IN5O4. The zero-order valence-corrected chi connectivity index (χ0v) is 23.0. The Balaban J connectivity index is 1.56. The number of aliphatic imine (C=N–C) groups is 1. The molecule has 37 heavy (non-hydrogen) atoms. The highest BCUT2D eigenvalue weighted by Crippen LogP contribution is 2.28. The van der Waals surface area contributed by atoms with Crippen molar-refractivity contribution < 1.29 is 19.1 Å². The lowest BCUT2D eigenvalue weighted by Crippen LogP contribution is -2.35. The molecule has 0 saturated heterocycles. The second kappa shape index (κ2) is 14.4. The van der Waals surface area contributed by atoms with Gasteiger partial charge in [0.1, 0.15) is 12.4 Å². The van der Waals surface area contributed by atoms with Crippen molar-refractivity contribution in [1.29, 1.82) is 0 Å². The summed E-state index contributed by atoms with van der Waals surface area (Å²) >= 11 is 2.26. The van der Waals surface area contributed by atoms with E-state index in [9.17, 15) is 14.4 Å². The van der Waals surface area contributed by atoms with Crippen molar-refractivity contribution in [2.45, 2.75) is 26.4 Å². The van der Waals surface area contributed by atoms with Gasteiger partial charge in [0, 0.05) is 53.7 Å². The van der Waals surface area contributed by atoms with Crippen molar-refractivity contribution in [3.8, 4) is 0 Å². The number of nitrogens with zero attached hydrogens (tertiary/aromatic N) is 2. The molecule has 4 N–H and O–H groups in total. The predicted molar refractivity (Wildman–Crippen MR) is 153 cm³/mol. The summed E-state index contributed by atoms with van der Waals surface area (Å²) in [5, 5.41) is 5.37. The molecule has 0 saturated carbocycles. The molecular weight excluding hydrogens is 585 g/mol. The van der Waals surface area contributed by atoms with Gasteiger partial charge in [-0.1, -0.05) is 65.9 Å². The van der Waals surface area contributed by atoms with E-state index in [1.165, 1.54) is 0 Å². The first-order chi connectivity index (χ1) is 17.9. The second-order valence-electron chi connectivity index (χ2n) is 8.45. The van der Waals surface area contributed by atoms with Crippen LogP contribution in [-0.4, -0.2) is 59.2 Å². The van der Waals surface area contributed by atoms with Gasteiger partial charge in [-0.25, -0.2) is 9.79 Å². The molecule has 1 aliphatic heterocycles. The Labute approximate surface area is 230 Å². The van der Waals surface area contributed by atoms with Gasteiger partial charge in [0.25, 0.3) is 5.91 Å². The maximum absolute atomic E-state index is 13.1. The lowest BCUT2D eigenvalue weighted by atomic mass is 10.0. The van der Waals surface area contributed by atoms with Gasteiger partial charge in [0.05, 0.1) is 5.69 Å². The summed E-state index contributed by atoms with van der Waals surface area (Å²) in [5.41, 5.74) is 9.27. The number of rotatable bonds is 11. The third-order valence-electron chi connectivity index (χ3n) is 5.56. The fraction of sp³-hybridized carbons (Fsp3) is 0.333. The Morgan fingerprint density at radius 3 is 2.57 bits per heavy atom. The molecule has 0 fully saturated rings. The van der Waals surface area contributed by atoms with E-state index in [2.05, 4.69) is 38.2 Å². The van der Waals surface area contributed by atoms with E-state index in [1.807, 2.05) is 48.2 Å². The lowest BCUT2D eigenvalue weighted by Gasteiger charge is -2.22. The Hall–Kier alpha value is -3.41. The van der Waals surface area contributed by atoms with Crippen molar-refractivity contribution in [1.82, 2.24) is 15.5 Å². The van der Waals surface area contributed by atoms with Gasteiger partial charge in [-0.05, 0) is 30.2 Å². The van der Waals surface area contributed by atoms with Crippen LogP contribution in [0.4, 0.5) is 10.5 Å². The Kier molecular flexibility index (Phi) is 10.9. The number of fused-ring (bicyclic) bond motifs is 1. The van der Waals surface area contributed by atoms with Crippen LogP contribution < -0.4 is 16.4 Å². The molecule has 1 heterocycles. The van der Waals surface area contributed by atoms with E-state index in [0.717, 1.165) is 22.0 Å². The molecule has 0 radical (unpaired) electrons. The number of benzene rings is 2. The Morgan fingerprint density at radius 1 is 1.08 bits per heavy atom. The molecule has 0 atom stereocenters. The number of nitrogens with two attached hydrogens (primary N) is 1. The first-order valence-corrected chi connectivity index (χ1v) is 13.7. The molecule has 0 bridgehead atoms. The maximum atomic E-state index is 13.1. The Morgan fingerprint density at radius 2 is 1.84 bits per heavy atom. The van der Waals surface area contributed by atoms with Crippen LogP contribution in [0.2, 0.25) is 0 Å². The third kappa shape index (κ3) is 8.59. The number of carbonyl (C=O) groups excluding carboxylic acids is 3. The van der Waals surface area contributed by atoms with Gasteiger partial charge in [-0.15, -0.1) is 0 Å². The van der Waals surface area contributed by atoms with E-state index < -0.39 is 6.09 Å². The number of hydrogen-bond donors (Lipinski definition) is 3. The summed E-state index contributed by atoms with van der Waals surface area (Å²) in [7, 11) is 0. The first kappa shape index (κ1) is 28.2. The number of amidine groups is 1. The van der Waals surface area contributed by atoms with Crippen molar-refractivity contribution in [2.24, 2.45) is 10.7 Å². The van der Waals surface area contributed by atoms with Gasteiger partial charge < -0.3 is 26.0 Å². The number of carbonyl (C=O) groups is 3. The van der Waals surface area contributed by atoms with E-state index >= 15 is 0 Å². The standard InChI is InChI=1S/C27H32IN5O4/c1-2-13-33(14-10-28)26(35)22-15-20-8-9-21(16-23(20)32-24(29)17-22)25(34)30-11-12-31-27(36)37-18-19-6-4-3-5-7-19/h3-9,15-16H,2,10-14,17-18H2,1H3,(H2,29,32)(H,30,34)(H,31,36). The van der Waals surface area contributed by atoms with Crippen molar-refractivity contribution in [2.75, 3.05) is 30.6 Å². The first-order valence-electron chi connectivity index (χ1n) is 12.2. The quantitative estimate of drug-likeness (QED) is 0.201. The zero-order valence-electron chi connectivity index (χ0n) is 20.8. The number of hydrogen-bond acceptors (Lipinski definition) is 6. The van der Waals surface area contributed by atoms with Crippen molar-refractivity contribution in [3.63, 3.8) is 0 Å². The fourth-order valence-corrected chi connectivity index (χ4v) is 4.36. The minimum Gasteiger partial charge on any atom is -0.445 e. The molecule has 196 valence electrons. The number of alkyl carbamates (subject to hydrolysis) is 1. The highest BCUT2D eigenvalue weighted by atomic mass is 127. The van der Waals surface area contributed by atoms with Crippen LogP contribution in [0.3, 0.4) is 0 Å². The van der Waals surface area contributed by atoms with Crippen LogP contribution in [-0.2, 0) is 16.1 Å². The number of halogens is 1. The van der Waals surface area contributed by atoms with Gasteiger partial charge >= 0.3 is 6.09 Å². The minimum absolute atomic E-state index is 0.0406.